The van der Waals surface area contributed by atoms with Crippen LogP contribution in [0.4, 0.5) is 0 Å². The van der Waals surface area contributed by atoms with Gasteiger partial charge in [0.05, 0.1) is 16.6 Å². The minimum absolute atomic E-state index is 0.136. The zero-order chi connectivity index (χ0) is 22.1. The summed E-state index contributed by atoms with van der Waals surface area (Å²) >= 11 is 1.46. The zero-order valence-corrected chi connectivity index (χ0v) is 18.9. The van der Waals surface area contributed by atoms with Crippen LogP contribution in [-0.4, -0.2) is 29.9 Å². The molecule has 2 aromatic heterocycles. The highest BCUT2D eigenvalue weighted by molar-refractivity contribution is 7.89. The monoisotopic (exact) mass is 448 g/mol. The van der Waals surface area contributed by atoms with Gasteiger partial charge in [-0.3, -0.25) is 14.2 Å². The second-order valence-electron chi connectivity index (χ2n) is 7.34. The van der Waals surface area contributed by atoms with Gasteiger partial charge in [-0.15, -0.1) is 11.3 Å². The standard InChI is InChI=1S/C20H24N4O4S2/c1-12(2)23-30(27,28)16-7-5-6-15(8-16)9-21-17(25)10-24-11-22-19-18(20(24)26)13(3)14(4)29-19/h5-8,11-12,23H,9-10H2,1-4H3,(H,21,25). The molecule has 10 heteroatoms. The first kappa shape index (κ1) is 22.1. The number of carbonyl (C=O) groups is 1. The molecule has 0 unspecified atom stereocenters. The number of amides is 1. The molecule has 3 aromatic rings. The molecule has 160 valence electrons. The summed E-state index contributed by atoms with van der Waals surface area (Å²) in [5.41, 5.74) is 1.28. The largest absolute Gasteiger partial charge is 0.350 e. The van der Waals surface area contributed by atoms with Gasteiger partial charge in [0.1, 0.15) is 11.4 Å². The molecule has 0 bridgehead atoms. The summed E-state index contributed by atoms with van der Waals surface area (Å²) in [5, 5.41) is 3.27. The summed E-state index contributed by atoms with van der Waals surface area (Å²) in [5.74, 6) is -0.364. The smallest absolute Gasteiger partial charge is 0.262 e. The number of nitrogens with one attached hydrogen (secondary N) is 2. The first-order chi connectivity index (χ1) is 14.1. The summed E-state index contributed by atoms with van der Waals surface area (Å²) in [4.78, 5) is 31.2. The van der Waals surface area contributed by atoms with E-state index in [4.69, 9.17) is 0 Å². The lowest BCUT2D eigenvalue weighted by atomic mass is 10.2. The molecule has 2 N–H and O–H groups in total. The van der Waals surface area contributed by atoms with Crippen LogP contribution >= 0.6 is 11.3 Å². The van der Waals surface area contributed by atoms with E-state index >= 15 is 0 Å². The third kappa shape index (κ3) is 4.77. The van der Waals surface area contributed by atoms with Gasteiger partial charge in [0.2, 0.25) is 15.9 Å². The second-order valence-corrected chi connectivity index (χ2v) is 10.3. The van der Waals surface area contributed by atoms with E-state index < -0.39 is 10.0 Å². The predicted octanol–water partition coefficient (Wildman–Crippen LogP) is 2.08. The van der Waals surface area contributed by atoms with Gasteiger partial charge < -0.3 is 5.32 Å². The molecule has 0 aliphatic rings. The van der Waals surface area contributed by atoms with E-state index in [1.165, 1.54) is 34.4 Å². The first-order valence-electron chi connectivity index (χ1n) is 9.41. The molecule has 0 atom stereocenters. The Morgan fingerprint density at radius 2 is 2.00 bits per heavy atom. The third-order valence-corrected chi connectivity index (χ3v) is 7.33. The fraction of sp³-hybridized carbons (Fsp3) is 0.350. The minimum Gasteiger partial charge on any atom is -0.350 e. The van der Waals surface area contributed by atoms with Gasteiger partial charge in [-0.05, 0) is 51.0 Å². The van der Waals surface area contributed by atoms with Crippen molar-refractivity contribution < 1.29 is 13.2 Å². The average Bonchev–Trinajstić information content (AvgIpc) is 2.96. The van der Waals surface area contributed by atoms with Crippen molar-refractivity contribution in [1.82, 2.24) is 19.6 Å². The van der Waals surface area contributed by atoms with Crippen LogP contribution in [0.15, 0.2) is 40.3 Å². The molecule has 3 rings (SSSR count). The van der Waals surface area contributed by atoms with E-state index in [1.54, 1.807) is 26.0 Å². The molecule has 0 saturated heterocycles. The van der Waals surface area contributed by atoms with E-state index in [2.05, 4.69) is 15.0 Å². The summed E-state index contributed by atoms with van der Waals surface area (Å²) in [6, 6.07) is 6.15. The lowest BCUT2D eigenvalue weighted by Gasteiger charge is -2.11. The SMILES string of the molecule is Cc1sc2ncn(CC(=O)NCc3cccc(S(=O)(=O)NC(C)C)c3)c(=O)c2c1C. The van der Waals surface area contributed by atoms with Gasteiger partial charge in [-0.2, -0.15) is 0 Å². The van der Waals surface area contributed by atoms with E-state index in [-0.39, 0.29) is 35.5 Å². The number of rotatable bonds is 7. The molecule has 1 amide bonds. The molecule has 0 aliphatic heterocycles. The van der Waals surface area contributed by atoms with Crippen molar-refractivity contribution in [2.45, 2.75) is 51.7 Å². The summed E-state index contributed by atoms with van der Waals surface area (Å²) in [6.45, 7) is 7.28. The molecular weight excluding hydrogens is 424 g/mol. The van der Waals surface area contributed by atoms with Crippen LogP contribution in [0.1, 0.15) is 29.9 Å². The van der Waals surface area contributed by atoms with Gasteiger partial charge in [-0.1, -0.05) is 12.1 Å². The Kier molecular flexibility index (Phi) is 6.39. The molecule has 30 heavy (non-hydrogen) atoms. The number of carbonyl (C=O) groups excluding carboxylic acids is 1. The maximum atomic E-state index is 12.7. The van der Waals surface area contributed by atoms with Gasteiger partial charge in [0, 0.05) is 17.5 Å². The van der Waals surface area contributed by atoms with Crippen LogP contribution in [0.5, 0.6) is 0 Å². The number of hydrogen-bond acceptors (Lipinski definition) is 6. The highest BCUT2D eigenvalue weighted by atomic mass is 32.2. The number of hydrogen-bond donors (Lipinski definition) is 2. The molecular formula is C20H24N4O4S2. The fourth-order valence-electron chi connectivity index (χ4n) is 2.99. The lowest BCUT2D eigenvalue weighted by molar-refractivity contribution is -0.121. The van der Waals surface area contributed by atoms with E-state index in [1.807, 2.05) is 13.8 Å². The first-order valence-corrected chi connectivity index (χ1v) is 11.7. The Bertz CT molecular complexity index is 1260. The Hall–Kier alpha value is -2.56. The van der Waals surface area contributed by atoms with Crippen molar-refractivity contribution in [3.8, 4) is 0 Å². The molecule has 0 aliphatic carbocycles. The van der Waals surface area contributed by atoms with Crippen molar-refractivity contribution in [3.63, 3.8) is 0 Å². The summed E-state index contributed by atoms with van der Waals surface area (Å²) in [7, 11) is -3.61. The van der Waals surface area contributed by atoms with E-state index in [0.717, 1.165) is 10.4 Å². The van der Waals surface area contributed by atoms with Crippen LogP contribution in [0.3, 0.4) is 0 Å². The van der Waals surface area contributed by atoms with Gasteiger partial charge in [0.15, 0.2) is 0 Å². The highest BCUT2D eigenvalue weighted by Crippen LogP contribution is 2.25. The molecule has 2 heterocycles. The van der Waals surface area contributed by atoms with Crippen molar-refractivity contribution in [2.75, 3.05) is 0 Å². The number of fused-ring (bicyclic) bond motifs is 1. The maximum absolute atomic E-state index is 12.7. The van der Waals surface area contributed by atoms with Gasteiger partial charge in [0.25, 0.3) is 5.56 Å². The Morgan fingerprint density at radius 1 is 1.27 bits per heavy atom. The Morgan fingerprint density at radius 3 is 2.70 bits per heavy atom. The number of aromatic nitrogens is 2. The lowest BCUT2D eigenvalue weighted by Crippen LogP contribution is -2.32. The quantitative estimate of drug-likeness (QED) is 0.575. The van der Waals surface area contributed by atoms with Crippen molar-refractivity contribution in [3.05, 3.63) is 57.0 Å². The predicted molar refractivity (Wildman–Crippen MR) is 117 cm³/mol. The van der Waals surface area contributed by atoms with E-state index in [9.17, 15) is 18.0 Å². The minimum atomic E-state index is -3.61. The zero-order valence-electron chi connectivity index (χ0n) is 17.2. The Labute approximate surface area is 179 Å². The molecule has 0 radical (unpaired) electrons. The van der Waals surface area contributed by atoms with E-state index in [0.29, 0.717) is 15.8 Å². The normalized spacial score (nSPS) is 11.9. The highest BCUT2D eigenvalue weighted by Gasteiger charge is 2.16. The summed E-state index contributed by atoms with van der Waals surface area (Å²) in [6.07, 6.45) is 1.38. The number of nitrogens with zero attached hydrogens (tertiary/aromatic N) is 2. The van der Waals surface area contributed by atoms with Crippen LogP contribution in [0.2, 0.25) is 0 Å². The number of thiophene rings is 1. The second kappa shape index (κ2) is 8.66. The molecule has 1 aromatic carbocycles. The van der Waals surface area contributed by atoms with Crippen molar-refractivity contribution >= 4 is 37.5 Å². The fourth-order valence-corrected chi connectivity index (χ4v) is 5.30. The Balaban J connectivity index is 1.71. The van der Waals surface area contributed by atoms with Crippen LogP contribution in [0, 0.1) is 13.8 Å². The van der Waals surface area contributed by atoms with Crippen molar-refractivity contribution in [1.29, 1.82) is 0 Å². The number of aryl methyl sites for hydroxylation is 2. The third-order valence-electron chi connectivity index (χ3n) is 4.56. The average molecular weight is 449 g/mol. The molecule has 8 nitrogen and oxygen atoms in total. The summed E-state index contributed by atoms with van der Waals surface area (Å²) < 4.78 is 28.4. The topological polar surface area (TPSA) is 110 Å². The maximum Gasteiger partial charge on any atom is 0.262 e. The number of sulfonamides is 1. The van der Waals surface area contributed by atoms with Crippen LogP contribution in [-0.2, 0) is 27.9 Å². The van der Waals surface area contributed by atoms with Gasteiger partial charge in [-0.25, -0.2) is 18.1 Å². The number of benzene rings is 1. The molecule has 0 saturated carbocycles. The molecule has 0 fully saturated rings. The van der Waals surface area contributed by atoms with Crippen LogP contribution in [0.25, 0.3) is 10.2 Å². The van der Waals surface area contributed by atoms with Crippen molar-refractivity contribution in [2.24, 2.45) is 0 Å². The molecule has 0 spiro atoms. The van der Waals surface area contributed by atoms with Crippen LogP contribution < -0.4 is 15.6 Å². The van der Waals surface area contributed by atoms with Gasteiger partial charge >= 0.3 is 0 Å².